The van der Waals surface area contributed by atoms with E-state index in [1.165, 1.54) is 29.5 Å². The van der Waals surface area contributed by atoms with Crippen molar-refractivity contribution in [1.29, 1.82) is 0 Å². The van der Waals surface area contributed by atoms with Gasteiger partial charge < -0.3 is 11.1 Å². The Balaban J connectivity index is 2.27. The summed E-state index contributed by atoms with van der Waals surface area (Å²) in [6.07, 6.45) is 0. The average Bonchev–Trinajstić information content (AvgIpc) is 2.64. The van der Waals surface area contributed by atoms with Gasteiger partial charge in [-0.3, -0.25) is 4.79 Å². The third-order valence-corrected chi connectivity index (χ3v) is 4.50. The molecule has 0 saturated heterocycles. The van der Waals surface area contributed by atoms with Crippen LogP contribution in [0.3, 0.4) is 0 Å². The van der Waals surface area contributed by atoms with Crippen LogP contribution in [0.4, 0.5) is 15.8 Å². The van der Waals surface area contributed by atoms with Gasteiger partial charge in [-0.2, -0.15) is 0 Å². The average molecular weight is 329 g/mol. The lowest BCUT2D eigenvalue weighted by Gasteiger charge is -2.07. The maximum atomic E-state index is 13.5. The summed E-state index contributed by atoms with van der Waals surface area (Å²) in [5.41, 5.74) is 6.81. The number of nitrogens with one attached hydrogen (secondary N) is 1. The normalized spacial score (nSPS) is 10.4. The number of carbonyl (C=O) groups excluding carboxylic acids is 1. The van der Waals surface area contributed by atoms with Crippen molar-refractivity contribution in [3.05, 3.63) is 44.3 Å². The van der Waals surface area contributed by atoms with E-state index in [0.717, 1.165) is 9.35 Å². The highest BCUT2D eigenvalue weighted by Crippen LogP contribution is 2.29. The number of nitrogen functional groups attached to an aromatic ring is 1. The summed E-state index contributed by atoms with van der Waals surface area (Å²) < 4.78 is 14.4. The Bertz CT molecular complexity index is 572. The van der Waals surface area contributed by atoms with E-state index >= 15 is 0 Å². The van der Waals surface area contributed by atoms with E-state index in [9.17, 15) is 9.18 Å². The van der Waals surface area contributed by atoms with Gasteiger partial charge >= 0.3 is 0 Å². The van der Waals surface area contributed by atoms with Crippen LogP contribution in [0.2, 0.25) is 0 Å². The highest BCUT2D eigenvalue weighted by atomic mass is 79.9. The van der Waals surface area contributed by atoms with Crippen molar-refractivity contribution >= 4 is 44.5 Å². The van der Waals surface area contributed by atoms with Gasteiger partial charge in [0.25, 0.3) is 5.91 Å². The summed E-state index contributed by atoms with van der Waals surface area (Å²) in [6.45, 7) is 1.88. The minimum atomic E-state index is -0.546. The first-order chi connectivity index (χ1) is 8.49. The number of hydrogen-bond donors (Lipinski definition) is 2. The fourth-order valence-corrected chi connectivity index (χ4v) is 2.85. The van der Waals surface area contributed by atoms with Crippen LogP contribution in [0.5, 0.6) is 0 Å². The number of para-hydroxylation sites is 1. The van der Waals surface area contributed by atoms with E-state index < -0.39 is 5.82 Å². The first-order valence-electron chi connectivity index (χ1n) is 5.10. The summed E-state index contributed by atoms with van der Waals surface area (Å²) in [5.74, 6) is -0.915. The molecule has 0 saturated carbocycles. The second kappa shape index (κ2) is 5.07. The van der Waals surface area contributed by atoms with Gasteiger partial charge in [-0.25, -0.2) is 4.39 Å². The van der Waals surface area contributed by atoms with Crippen LogP contribution in [0.25, 0.3) is 0 Å². The summed E-state index contributed by atoms with van der Waals surface area (Å²) in [7, 11) is 0. The van der Waals surface area contributed by atoms with Crippen LogP contribution in [-0.2, 0) is 0 Å². The maximum Gasteiger partial charge on any atom is 0.265 e. The third-order valence-electron chi connectivity index (χ3n) is 2.37. The number of rotatable bonds is 2. The molecule has 1 aromatic carbocycles. The minimum absolute atomic E-state index is 0.0182. The maximum absolute atomic E-state index is 13.5. The molecule has 1 heterocycles. The lowest BCUT2D eigenvalue weighted by Crippen LogP contribution is -2.13. The van der Waals surface area contributed by atoms with Gasteiger partial charge in [0.2, 0.25) is 0 Å². The number of amides is 1. The van der Waals surface area contributed by atoms with E-state index in [0.29, 0.717) is 4.88 Å². The second-order valence-electron chi connectivity index (χ2n) is 3.73. The van der Waals surface area contributed by atoms with Crippen molar-refractivity contribution in [2.24, 2.45) is 0 Å². The number of halogens is 2. The summed E-state index contributed by atoms with van der Waals surface area (Å²) in [4.78, 5) is 12.4. The van der Waals surface area contributed by atoms with E-state index in [2.05, 4.69) is 21.2 Å². The van der Waals surface area contributed by atoms with Crippen molar-refractivity contribution in [2.75, 3.05) is 11.1 Å². The highest BCUT2D eigenvalue weighted by Gasteiger charge is 2.14. The molecule has 0 atom stereocenters. The Morgan fingerprint density at radius 1 is 1.50 bits per heavy atom. The SMILES string of the molecule is Cc1cc(C(=O)Nc2c(N)cccc2F)sc1Br. The third kappa shape index (κ3) is 2.54. The molecule has 18 heavy (non-hydrogen) atoms. The topological polar surface area (TPSA) is 55.1 Å². The van der Waals surface area contributed by atoms with Crippen molar-refractivity contribution in [3.8, 4) is 0 Å². The Kier molecular flexibility index (Phi) is 3.68. The Labute approximate surface area is 116 Å². The lowest BCUT2D eigenvalue weighted by atomic mass is 10.2. The number of nitrogens with two attached hydrogens (primary N) is 1. The van der Waals surface area contributed by atoms with Crippen LogP contribution >= 0.6 is 27.3 Å². The van der Waals surface area contributed by atoms with Crippen molar-refractivity contribution < 1.29 is 9.18 Å². The van der Waals surface area contributed by atoms with Gasteiger partial charge in [-0.05, 0) is 46.6 Å². The predicted molar refractivity (Wildman–Crippen MR) is 75.5 cm³/mol. The van der Waals surface area contributed by atoms with Crippen LogP contribution in [0.1, 0.15) is 15.2 Å². The van der Waals surface area contributed by atoms with Gasteiger partial charge in [0.1, 0.15) is 11.5 Å². The number of hydrogen-bond acceptors (Lipinski definition) is 3. The first-order valence-corrected chi connectivity index (χ1v) is 6.71. The van der Waals surface area contributed by atoms with Crippen molar-refractivity contribution in [3.63, 3.8) is 0 Å². The number of aryl methyl sites for hydroxylation is 1. The molecular weight excluding hydrogens is 319 g/mol. The molecule has 0 radical (unpaired) electrons. The molecule has 94 valence electrons. The molecule has 0 bridgehead atoms. The van der Waals surface area contributed by atoms with Gasteiger partial charge in [0.05, 0.1) is 14.4 Å². The van der Waals surface area contributed by atoms with Gasteiger partial charge in [-0.1, -0.05) is 6.07 Å². The molecule has 0 unspecified atom stereocenters. The summed E-state index contributed by atoms with van der Waals surface area (Å²) >= 11 is 4.63. The summed E-state index contributed by atoms with van der Waals surface area (Å²) in [6, 6.07) is 6.02. The largest absolute Gasteiger partial charge is 0.397 e. The highest BCUT2D eigenvalue weighted by molar-refractivity contribution is 9.11. The molecule has 6 heteroatoms. The fourth-order valence-electron chi connectivity index (χ4n) is 1.42. The zero-order chi connectivity index (χ0) is 13.3. The fraction of sp³-hybridized carbons (Fsp3) is 0.0833. The number of carbonyl (C=O) groups is 1. The standard InChI is InChI=1S/C12H10BrFN2OS/c1-6-5-9(18-11(6)13)12(17)16-10-7(14)3-2-4-8(10)15/h2-5H,15H2,1H3,(H,16,17). The van der Waals surface area contributed by atoms with E-state index in [1.54, 1.807) is 6.07 Å². The lowest BCUT2D eigenvalue weighted by molar-refractivity contribution is 0.103. The van der Waals surface area contributed by atoms with E-state index in [1.807, 2.05) is 6.92 Å². The van der Waals surface area contributed by atoms with Crippen LogP contribution in [0.15, 0.2) is 28.1 Å². The molecule has 0 aliphatic rings. The smallest absolute Gasteiger partial charge is 0.265 e. The van der Waals surface area contributed by atoms with Crippen LogP contribution in [-0.4, -0.2) is 5.91 Å². The number of benzene rings is 1. The minimum Gasteiger partial charge on any atom is -0.397 e. The van der Waals surface area contributed by atoms with Crippen molar-refractivity contribution in [2.45, 2.75) is 6.92 Å². The quantitative estimate of drug-likeness (QED) is 0.824. The van der Waals surface area contributed by atoms with Crippen LogP contribution in [0, 0.1) is 12.7 Å². The Morgan fingerprint density at radius 2 is 2.22 bits per heavy atom. The first kappa shape index (κ1) is 13.0. The Hall–Kier alpha value is -1.40. The molecule has 0 spiro atoms. The molecule has 1 amide bonds. The molecule has 2 rings (SSSR count). The molecule has 0 aliphatic heterocycles. The monoisotopic (exact) mass is 328 g/mol. The number of anilines is 2. The Morgan fingerprint density at radius 3 is 2.78 bits per heavy atom. The van der Waals surface area contributed by atoms with Gasteiger partial charge in [-0.15, -0.1) is 11.3 Å². The summed E-state index contributed by atoms with van der Waals surface area (Å²) in [5, 5.41) is 2.49. The molecule has 1 aromatic heterocycles. The molecular formula is C12H10BrFN2OS. The predicted octanol–water partition coefficient (Wildman–Crippen LogP) is 3.79. The molecule has 3 N–H and O–H groups in total. The zero-order valence-corrected chi connectivity index (χ0v) is 11.9. The van der Waals surface area contributed by atoms with E-state index in [4.69, 9.17) is 5.73 Å². The zero-order valence-electron chi connectivity index (χ0n) is 9.46. The van der Waals surface area contributed by atoms with Crippen LogP contribution < -0.4 is 11.1 Å². The van der Waals surface area contributed by atoms with Gasteiger partial charge in [0, 0.05) is 0 Å². The van der Waals surface area contributed by atoms with Gasteiger partial charge in [0.15, 0.2) is 0 Å². The molecule has 2 aromatic rings. The second-order valence-corrected chi connectivity index (χ2v) is 6.10. The van der Waals surface area contributed by atoms with Crippen molar-refractivity contribution in [1.82, 2.24) is 0 Å². The molecule has 0 fully saturated rings. The van der Waals surface area contributed by atoms with E-state index in [-0.39, 0.29) is 17.3 Å². The molecule has 3 nitrogen and oxygen atoms in total. The number of thiophene rings is 1. The molecule has 0 aliphatic carbocycles.